The number of benzene rings is 1. The van der Waals surface area contributed by atoms with Crippen molar-refractivity contribution in [1.29, 1.82) is 0 Å². The van der Waals surface area contributed by atoms with Gasteiger partial charge in [0.15, 0.2) is 24.8 Å². The van der Waals surface area contributed by atoms with Crippen LogP contribution in [0.2, 0.25) is 0 Å². The summed E-state index contributed by atoms with van der Waals surface area (Å²) in [5.41, 5.74) is 0.952. The second-order valence-corrected chi connectivity index (χ2v) is 5.70. The average Bonchev–Trinajstić information content (AvgIpc) is 2.96. The first-order valence-electron chi connectivity index (χ1n) is 7.14. The Bertz CT molecular complexity index is 552. The molecule has 3 saturated heterocycles. The summed E-state index contributed by atoms with van der Waals surface area (Å²) in [5.74, 6) is 0. The lowest BCUT2D eigenvalue weighted by Crippen LogP contribution is -2.61. The van der Waals surface area contributed by atoms with E-state index in [0.717, 1.165) is 5.56 Å². The predicted molar refractivity (Wildman–Crippen MR) is 78.0 cm³/mol. The highest BCUT2D eigenvalue weighted by Gasteiger charge is 2.56. The minimum absolute atomic E-state index is 0.104. The molecular weight excluding hydrogens is 308 g/mol. The van der Waals surface area contributed by atoms with E-state index in [4.69, 9.17) is 40.6 Å². The highest BCUT2D eigenvalue weighted by Crippen LogP contribution is 2.38. The number of fused-ring (bicyclic) bond motifs is 3. The van der Waals surface area contributed by atoms with Crippen LogP contribution in [0.15, 0.2) is 30.3 Å². The van der Waals surface area contributed by atoms with Crippen LogP contribution >= 0.6 is 12.2 Å². The molecule has 6 nitrogen and oxygen atoms in total. The Morgan fingerprint density at radius 2 is 1.82 bits per heavy atom. The molecule has 4 rings (SSSR count). The quantitative estimate of drug-likeness (QED) is 0.765. The zero-order valence-electron chi connectivity index (χ0n) is 11.9. The summed E-state index contributed by atoms with van der Waals surface area (Å²) in [4.78, 5) is 0. The lowest BCUT2D eigenvalue weighted by Gasteiger charge is -2.44. The van der Waals surface area contributed by atoms with Crippen molar-refractivity contribution in [3.63, 3.8) is 0 Å². The Hall–Kier alpha value is -1.25. The molecule has 118 valence electrons. The van der Waals surface area contributed by atoms with Crippen LogP contribution in [0.3, 0.4) is 0 Å². The molecule has 0 amide bonds. The maximum absolute atomic E-state index is 6.06. The summed E-state index contributed by atoms with van der Waals surface area (Å²) >= 11 is 5.01. The van der Waals surface area contributed by atoms with Crippen molar-refractivity contribution in [3.05, 3.63) is 35.9 Å². The zero-order valence-corrected chi connectivity index (χ0v) is 12.7. The summed E-state index contributed by atoms with van der Waals surface area (Å²) in [6.45, 7) is 0.392. The molecule has 0 spiro atoms. The van der Waals surface area contributed by atoms with Crippen molar-refractivity contribution in [1.82, 2.24) is 0 Å². The van der Waals surface area contributed by atoms with E-state index in [9.17, 15) is 0 Å². The Morgan fingerprint density at radius 3 is 2.59 bits per heavy atom. The van der Waals surface area contributed by atoms with Crippen LogP contribution < -0.4 is 0 Å². The van der Waals surface area contributed by atoms with Gasteiger partial charge in [-0.2, -0.15) is 0 Å². The number of ether oxygens (including phenoxy) is 6. The Morgan fingerprint density at radius 1 is 1.05 bits per heavy atom. The summed E-state index contributed by atoms with van der Waals surface area (Å²) in [6.07, 6.45) is -2.39. The first-order valence-corrected chi connectivity index (χ1v) is 7.54. The predicted octanol–water partition coefficient (Wildman–Crippen LogP) is 1.54. The SMILES string of the molecule is COC1OC2COC(c3ccccc3)OC2C2OC(=S)OC12. The molecule has 0 aromatic heterocycles. The molecule has 0 bridgehead atoms. The lowest BCUT2D eigenvalue weighted by molar-refractivity contribution is -0.343. The van der Waals surface area contributed by atoms with Gasteiger partial charge in [-0.1, -0.05) is 30.3 Å². The third-order valence-electron chi connectivity index (χ3n) is 4.05. The van der Waals surface area contributed by atoms with Gasteiger partial charge in [-0.05, 0) is 0 Å². The Labute approximate surface area is 133 Å². The largest absolute Gasteiger partial charge is 0.446 e. The maximum atomic E-state index is 6.06. The van der Waals surface area contributed by atoms with E-state index in [1.165, 1.54) is 0 Å². The maximum Gasteiger partial charge on any atom is 0.353 e. The molecule has 3 aliphatic heterocycles. The van der Waals surface area contributed by atoms with Crippen LogP contribution in [-0.2, 0) is 28.4 Å². The van der Waals surface area contributed by atoms with Gasteiger partial charge in [0.05, 0.1) is 6.61 Å². The molecule has 3 fully saturated rings. The van der Waals surface area contributed by atoms with E-state index in [-0.39, 0.29) is 23.5 Å². The molecule has 7 heteroatoms. The van der Waals surface area contributed by atoms with Crippen molar-refractivity contribution in [2.45, 2.75) is 37.0 Å². The van der Waals surface area contributed by atoms with Gasteiger partial charge >= 0.3 is 5.24 Å². The summed E-state index contributed by atoms with van der Waals surface area (Å²) in [7, 11) is 1.56. The van der Waals surface area contributed by atoms with E-state index in [0.29, 0.717) is 6.61 Å². The number of hydrogen-bond acceptors (Lipinski definition) is 7. The highest BCUT2D eigenvalue weighted by atomic mass is 32.1. The molecule has 3 aliphatic rings. The molecule has 1 aromatic rings. The van der Waals surface area contributed by atoms with Crippen LogP contribution in [0, 0.1) is 0 Å². The standard InChI is InChI=1S/C15H16O6S/c1-16-14-12-11(20-15(22)21-12)10-9(18-14)7-17-13(19-10)8-5-3-2-4-6-8/h2-6,9-14H,7H2,1H3. The van der Waals surface area contributed by atoms with Gasteiger partial charge in [-0.25, -0.2) is 0 Å². The van der Waals surface area contributed by atoms with Crippen LogP contribution in [0.4, 0.5) is 0 Å². The third kappa shape index (κ3) is 2.39. The summed E-state index contributed by atoms with van der Waals surface area (Å²) in [6, 6.07) is 9.76. The van der Waals surface area contributed by atoms with E-state index in [2.05, 4.69) is 0 Å². The lowest BCUT2D eigenvalue weighted by atomic mass is 9.98. The average molecular weight is 324 g/mol. The Kier molecular flexibility index (Phi) is 3.75. The monoisotopic (exact) mass is 324 g/mol. The second kappa shape index (κ2) is 5.75. The molecule has 0 N–H and O–H groups in total. The molecule has 1 aromatic carbocycles. The second-order valence-electron chi connectivity index (χ2n) is 5.37. The van der Waals surface area contributed by atoms with Crippen LogP contribution in [0.1, 0.15) is 11.9 Å². The van der Waals surface area contributed by atoms with E-state index in [1.54, 1.807) is 7.11 Å². The van der Waals surface area contributed by atoms with Crippen molar-refractivity contribution in [2.24, 2.45) is 0 Å². The molecule has 22 heavy (non-hydrogen) atoms. The Balaban J connectivity index is 1.56. The van der Waals surface area contributed by atoms with Gasteiger partial charge in [0, 0.05) is 24.9 Å². The van der Waals surface area contributed by atoms with Crippen LogP contribution in [0.5, 0.6) is 0 Å². The molecule has 0 saturated carbocycles. The van der Waals surface area contributed by atoms with Gasteiger partial charge in [-0.15, -0.1) is 0 Å². The number of hydrogen-bond donors (Lipinski definition) is 0. The molecule has 3 heterocycles. The number of thiocarbonyl (C=S) groups is 1. The summed E-state index contributed by atoms with van der Waals surface area (Å²) < 4.78 is 34.1. The van der Waals surface area contributed by atoms with E-state index >= 15 is 0 Å². The minimum atomic E-state index is -0.549. The highest BCUT2D eigenvalue weighted by molar-refractivity contribution is 7.79. The van der Waals surface area contributed by atoms with Crippen molar-refractivity contribution in [2.75, 3.05) is 13.7 Å². The number of methoxy groups -OCH3 is 1. The smallest absolute Gasteiger partial charge is 0.353 e. The fraction of sp³-hybridized carbons (Fsp3) is 0.533. The van der Waals surface area contributed by atoms with Crippen molar-refractivity contribution >= 4 is 17.5 Å². The number of rotatable bonds is 2. The van der Waals surface area contributed by atoms with Gasteiger partial charge in [0.1, 0.15) is 12.2 Å². The minimum Gasteiger partial charge on any atom is -0.446 e. The zero-order chi connectivity index (χ0) is 15.1. The third-order valence-corrected chi connectivity index (χ3v) is 4.24. The molecule has 0 radical (unpaired) electrons. The van der Waals surface area contributed by atoms with Gasteiger partial charge in [0.25, 0.3) is 0 Å². The molecule has 6 unspecified atom stereocenters. The molecule has 6 atom stereocenters. The van der Waals surface area contributed by atoms with E-state index in [1.807, 2.05) is 30.3 Å². The first-order chi connectivity index (χ1) is 10.8. The van der Waals surface area contributed by atoms with E-state index < -0.39 is 18.7 Å². The van der Waals surface area contributed by atoms with Gasteiger partial charge in [-0.3, -0.25) is 0 Å². The van der Waals surface area contributed by atoms with Gasteiger partial charge < -0.3 is 28.4 Å². The fourth-order valence-corrected chi connectivity index (χ4v) is 3.25. The normalized spacial score (nSPS) is 40.3. The fourth-order valence-electron chi connectivity index (χ4n) is 3.03. The van der Waals surface area contributed by atoms with Crippen LogP contribution in [0.25, 0.3) is 0 Å². The van der Waals surface area contributed by atoms with Gasteiger partial charge in [0.2, 0.25) is 0 Å². The van der Waals surface area contributed by atoms with Crippen LogP contribution in [-0.4, -0.2) is 49.7 Å². The summed E-state index contributed by atoms with van der Waals surface area (Å²) in [5, 5.41) is 0.104. The molecule has 0 aliphatic carbocycles. The first kappa shape index (κ1) is 14.3. The topological polar surface area (TPSA) is 55.4 Å². The van der Waals surface area contributed by atoms with Crippen molar-refractivity contribution in [3.8, 4) is 0 Å². The molecular formula is C15H16O6S. The van der Waals surface area contributed by atoms with Crippen molar-refractivity contribution < 1.29 is 28.4 Å².